The van der Waals surface area contributed by atoms with Crippen molar-refractivity contribution >= 4 is 23.2 Å². The highest BCUT2D eigenvalue weighted by atomic mass is 35.5. The second-order valence-electron chi connectivity index (χ2n) is 5.48. The normalized spacial score (nSPS) is 10.4. The van der Waals surface area contributed by atoms with Gasteiger partial charge >= 0.3 is 0 Å². The van der Waals surface area contributed by atoms with Gasteiger partial charge in [-0.05, 0) is 42.5 Å². The van der Waals surface area contributed by atoms with Gasteiger partial charge in [0.25, 0.3) is 0 Å². The largest absolute Gasteiger partial charge is 0.493 e. The van der Waals surface area contributed by atoms with Crippen molar-refractivity contribution in [2.75, 3.05) is 19.5 Å². The van der Waals surface area contributed by atoms with E-state index in [-0.39, 0.29) is 12.3 Å². The highest BCUT2D eigenvalue weighted by molar-refractivity contribution is 6.30. The first-order chi connectivity index (χ1) is 12.6. The van der Waals surface area contributed by atoms with Gasteiger partial charge in [0.2, 0.25) is 5.91 Å². The highest BCUT2D eigenvalue weighted by Gasteiger charge is 2.13. The summed E-state index contributed by atoms with van der Waals surface area (Å²) in [5.41, 5.74) is 1.98. The summed E-state index contributed by atoms with van der Waals surface area (Å²) < 4.78 is 15.8. The van der Waals surface area contributed by atoms with E-state index >= 15 is 0 Å². The standard InChI is InChI=1S/C19H17ClN2O4/c1-24-16-8-3-12(9-18(16)25-2)17-10-15(22-26-17)11-19(23)21-14-6-4-13(20)5-7-14/h3-10H,11H2,1-2H3,(H,21,23). The molecule has 0 unspecified atom stereocenters. The average Bonchev–Trinajstić information content (AvgIpc) is 3.11. The number of carbonyl (C=O) groups is 1. The fourth-order valence-corrected chi connectivity index (χ4v) is 2.55. The zero-order chi connectivity index (χ0) is 18.5. The van der Waals surface area contributed by atoms with Crippen LogP contribution < -0.4 is 14.8 Å². The number of halogens is 1. The molecule has 0 aliphatic carbocycles. The third-order valence-electron chi connectivity index (χ3n) is 3.70. The van der Waals surface area contributed by atoms with Crippen molar-refractivity contribution in [1.82, 2.24) is 5.16 Å². The van der Waals surface area contributed by atoms with Crippen LogP contribution in [-0.4, -0.2) is 25.3 Å². The molecule has 1 amide bonds. The van der Waals surface area contributed by atoms with E-state index in [4.69, 9.17) is 25.6 Å². The van der Waals surface area contributed by atoms with Crippen LogP contribution in [0.3, 0.4) is 0 Å². The Hall–Kier alpha value is -2.99. The van der Waals surface area contributed by atoms with Gasteiger partial charge in [-0.2, -0.15) is 0 Å². The number of nitrogens with one attached hydrogen (secondary N) is 1. The number of aromatic nitrogens is 1. The number of hydrogen-bond acceptors (Lipinski definition) is 5. The Morgan fingerprint density at radius 2 is 1.81 bits per heavy atom. The molecule has 0 aliphatic rings. The minimum absolute atomic E-state index is 0.0966. The van der Waals surface area contributed by atoms with Gasteiger partial charge in [0, 0.05) is 22.3 Å². The first kappa shape index (κ1) is 17.8. The van der Waals surface area contributed by atoms with Gasteiger partial charge in [0.1, 0.15) is 0 Å². The first-order valence-corrected chi connectivity index (χ1v) is 8.20. The Kier molecular flexibility index (Phi) is 5.43. The van der Waals surface area contributed by atoms with Crippen molar-refractivity contribution in [3.8, 4) is 22.8 Å². The lowest BCUT2D eigenvalue weighted by molar-refractivity contribution is -0.115. The minimum atomic E-state index is -0.195. The molecule has 0 fully saturated rings. The van der Waals surface area contributed by atoms with Gasteiger partial charge < -0.3 is 19.3 Å². The summed E-state index contributed by atoms with van der Waals surface area (Å²) in [6, 6.07) is 14.0. The number of ether oxygens (including phenoxy) is 2. The van der Waals surface area contributed by atoms with Crippen molar-refractivity contribution in [3.63, 3.8) is 0 Å². The van der Waals surface area contributed by atoms with Crippen LogP contribution in [0.4, 0.5) is 5.69 Å². The minimum Gasteiger partial charge on any atom is -0.493 e. The molecule has 0 aliphatic heterocycles. The molecule has 134 valence electrons. The van der Waals surface area contributed by atoms with E-state index in [0.29, 0.717) is 33.7 Å². The number of amides is 1. The van der Waals surface area contributed by atoms with Gasteiger partial charge in [-0.1, -0.05) is 16.8 Å². The van der Waals surface area contributed by atoms with E-state index < -0.39 is 0 Å². The van der Waals surface area contributed by atoms with Crippen molar-refractivity contribution in [1.29, 1.82) is 0 Å². The molecule has 0 bridgehead atoms. The van der Waals surface area contributed by atoms with Crippen LogP contribution in [0.2, 0.25) is 5.02 Å². The zero-order valence-corrected chi connectivity index (χ0v) is 15.0. The van der Waals surface area contributed by atoms with Gasteiger partial charge in [-0.15, -0.1) is 0 Å². The first-order valence-electron chi connectivity index (χ1n) is 7.82. The molecule has 3 rings (SSSR count). The summed E-state index contributed by atoms with van der Waals surface area (Å²) in [4.78, 5) is 12.1. The lowest BCUT2D eigenvalue weighted by atomic mass is 10.1. The van der Waals surface area contributed by atoms with E-state index in [0.717, 1.165) is 5.56 Å². The van der Waals surface area contributed by atoms with Gasteiger partial charge in [0.05, 0.1) is 26.3 Å². The molecule has 1 heterocycles. The summed E-state index contributed by atoms with van der Waals surface area (Å²) in [7, 11) is 3.14. The predicted octanol–water partition coefficient (Wildman–Crippen LogP) is 4.19. The van der Waals surface area contributed by atoms with E-state index in [2.05, 4.69) is 10.5 Å². The molecule has 2 aromatic carbocycles. The molecule has 6 nitrogen and oxygen atoms in total. The van der Waals surface area contributed by atoms with Crippen LogP contribution >= 0.6 is 11.6 Å². The summed E-state index contributed by atoms with van der Waals surface area (Å²) in [5.74, 6) is 1.56. The third-order valence-corrected chi connectivity index (χ3v) is 3.95. The summed E-state index contributed by atoms with van der Waals surface area (Å²) in [6.07, 6.45) is 0.0966. The molecule has 7 heteroatoms. The maximum absolute atomic E-state index is 12.1. The van der Waals surface area contributed by atoms with Crippen LogP contribution in [0.1, 0.15) is 5.69 Å². The van der Waals surface area contributed by atoms with Gasteiger partial charge in [-0.25, -0.2) is 0 Å². The Bertz CT molecular complexity index is 906. The molecule has 3 aromatic rings. The zero-order valence-electron chi connectivity index (χ0n) is 14.3. The second kappa shape index (κ2) is 7.93. The van der Waals surface area contributed by atoms with Gasteiger partial charge in [-0.3, -0.25) is 4.79 Å². The van der Waals surface area contributed by atoms with Crippen LogP contribution in [-0.2, 0) is 11.2 Å². The maximum atomic E-state index is 12.1. The Morgan fingerprint density at radius 3 is 2.50 bits per heavy atom. The summed E-state index contributed by atoms with van der Waals surface area (Å²) in [6.45, 7) is 0. The van der Waals surface area contributed by atoms with Crippen molar-refractivity contribution < 1.29 is 18.8 Å². The molecule has 1 N–H and O–H groups in total. The van der Waals surface area contributed by atoms with Crippen molar-refractivity contribution in [2.45, 2.75) is 6.42 Å². The molecule has 0 atom stereocenters. The highest BCUT2D eigenvalue weighted by Crippen LogP contribution is 2.32. The molecule has 0 spiro atoms. The monoisotopic (exact) mass is 372 g/mol. The number of benzene rings is 2. The quantitative estimate of drug-likeness (QED) is 0.702. The lowest BCUT2D eigenvalue weighted by Gasteiger charge is -2.07. The van der Waals surface area contributed by atoms with Crippen LogP contribution in [0, 0.1) is 0 Å². The van der Waals surface area contributed by atoms with Crippen LogP contribution in [0.25, 0.3) is 11.3 Å². The van der Waals surface area contributed by atoms with E-state index in [1.165, 1.54) is 0 Å². The van der Waals surface area contributed by atoms with Crippen LogP contribution in [0.15, 0.2) is 53.1 Å². The Labute approximate surface area is 155 Å². The molecule has 1 aromatic heterocycles. The molecule has 0 saturated heterocycles. The van der Waals surface area contributed by atoms with E-state index in [9.17, 15) is 4.79 Å². The number of carbonyl (C=O) groups excluding carboxylic acids is 1. The third kappa shape index (κ3) is 4.15. The fourth-order valence-electron chi connectivity index (χ4n) is 2.42. The Morgan fingerprint density at radius 1 is 1.08 bits per heavy atom. The number of nitrogens with zero attached hydrogens (tertiary/aromatic N) is 1. The second-order valence-corrected chi connectivity index (χ2v) is 5.92. The molecular formula is C19H17ClN2O4. The number of anilines is 1. The maximum Gasteiger partial charge on any atom is 0.230 e. The van der Waals surface area contributed by atoms with Crippen molar-refractivity contribution in [3.05, 3.63) is 59.2 Å². The number of methoxy groups -OCH3 is 2. The smallest absolute Gasteiger partial charge is 0.230 e. The van der Waals surface area contributed by atoms with Crippen LogP contribution in [0.5, 0.6) is 11.5 Å². The average molecular weight is 373 g/mol. The van der Waals surface area contributed by atoms with E-state index in [1.54, 1.807) is 56.7 Å². The molecule has 26 heavy (non-hydrogen) atoms. The van der Waals surface area contributed by atoms with Crippen molar-refractivity contribution in [2.24, 2.45) is 0 Å². The van der Waals surface area contributed by atoms with Gasteiger partial charge in [0.15, 0.2) is 17.3 Å². The molecule has 0 radical (unpaired) electrons. The van der Waals surface area contributed by atoms with E-state index in [1.807, 2.05) is 6.07 Å². The molecular weight excluding hydrogens is 356 g/mol. The fraction of sp³-hybridized carbons (Fsp3) is 0.158. The number of hydrogen-bond donors (Lipinski definition) is 1. The number of rotatable bonds is 6. The molecule has 0 saturated carbocycles. The lowest BCUT2D eigenvalue weighted by Crippen LogP contribution is -2.14. The Balaban J connectivity index is 1.69. The topological polar surface area (TPSA) is 73.6 Å². The summed E-state index contributed by atoms with van der Waals surface area (Å²) in [5, 5.41) is 7.35. The predicted molar refractivity (Wildman–Crippen MR) is 98.8 cm³/mol. The summed E-state index contributed by atoms with van der Waals surface area (Å²) >= 11 is 5.83. The SMILES string of the molecule is COc1ccc(-c2cc(CC(=O)Nc3ccc(Cl)cc3)no2)cc1OC.